The largest absolute Gasteiger partial charge is 0.494 e. The Morgan fingerprint density at radius 3 is 2.15 bits per heavy atom. The van der Waals surface area contributed by atoms with Gasteiger partial charge in [-0.2, -0.15) is 0 Å². The number of halogens is 1. The van der Waals surface area contributed by atoms with Crippen molar-refractivity contribution in [1.82, 2.24) is 24.7 Å². The summed E-state index contributed by atoms with van der Waals surface area (Å²) >= 11 is 0. The van der Waals surface area contributed by atoms with Crippen LogP contribution in [-0.4, -0.2) is 52.6 Å². The number of nitrogens with zero attached hydrogens (tertiary/aromatic N) is 5. The lowest BCUT2D eigenvalue weighted by Gasteiger charge is -2.18. The van der Waals surface area contributed by atoms with Gasteiger partial charge in [0.25, 0.3) is 0 Å². The van der Waals surface area contributed by atoms with Gasteiger partial charge in [0, 0.05) is 14.3 Å². The third-order valence-electron chi connectivity index (χ3n) is 5.43. The van der Waals surface area contributed by atoms with Crippen molar-refractivity contribution in [3.63, 3.8) is 0 Å². The summed E-state index contributed by atoms with van der Waals surface area (Å²) in [6.45, 7) is 11.4. The molecule has 0 unspecified atom stereocenters. The van der Waals surface area contributed by atoms with Crippen LogP contribution in [0.15, 0.2) is 47.1 Å². The smallest absolute Gasteiger partial charge is 0.243 e. The first kappa shape index (κ1) is 32.2. The number of anilines is 1. The Kier molecular flexibility index (Phi) is 12.1. The molecule has 0 amide bonds. The second kappa shape index (κ2) is 15.0. The third-order valence-corrected chi connectivity index (χ3v) is 7.12. The fraction of sp³-hybridized carbons (Fsp3) is 0.407. The van der Waals surface area contributed by atoms with E-state index < -0.39 is 21.1 Å². The number of sulfonamides is 1. The first-order valence-corrected chi connectivity index (χ1v) is 14.6. The van der Waals surface area contributed by atoms with Gasteiger partial charge in [-0.05, 0) is 31.2 Å². The maximum atomic E-state index is 13.3. The normalized spacial score (nSPS) is 11.4. The summed E-state index contributed by atoms with van der Waals surface area (Å²) in [5.41, 5.74) is 0.379. The van der Waals surface area contributed by atoms with Gasteiger partial charge in [0.15, 0.2) is 11.6 Å². The summed E-state index contributed by atoms with van der Waals surface area (Å²) in [6, 6.07) is 8.68. The van der Waals surface area contributed by atoms with E-state index in [1.165, 1.54) is 25.7 Å². The highest BCUT2D eigenvalue weighted by molar-refractivity contribution is 7.93. The first-order valence-electron chi connectivity index (χ1n) is 13.0. The van der Waals surface area contributed by atoms with E-state index in [0.29, 0.717) is 29.4 Å². The van der Waals surface area contributed by atoms with Crippen LogP contribution < -0.4 is 14.2 Å². The molecule has 0 aliphatic rings. The number of benzene rings is 1. The Hall–Kier alpha value is -4.00. The number of para-hydroxylation sites is 1. The molecule has 0 spiro atoms. The Morgan fingerprint density at radius 2 is 1.62 bits per heavy atom. The topological polar surface area (TPSA) is 134 Å². The minimum absolute atomic E-state index is 0. The summed E-state index contributed by atoms with van der Waals surface area (Å²) in [5, 5.41) is 7.34. The van der Waals surface area contributed by atoms with Gasteiger partial charge in [-0.1, -0.05) is 40.7 Å². The van der Waals surface area contributed by atoms with Gasteiger partial charge in [0.05, 0.1) is 31.9 Å². The zero-order valence-corrected chi connectivity index (χ0v) is 24.9. The Bertz CT molecular complexity index is 1440. The van der Waals surface area contributed by atoms with E-state index in [0.717, 1.165) is 18.2 Å². The van der Waals surface area contributed by atoms with E-state index in [1.807, 2.05) is 40.7 Å². The van der Waals surface area contributed by atoms with Crippen molar-refractivity contribution in [3.8, 4) is 28.8 Å². The predicted octanol–water partition coefficient (Wildman–Crippen LogP) is 5.71. The third kappa shape index (κ3) is 7.34. The van der Waals surface area contributed by atoms with Crippen molar-refractivity contribution >= 4 is 16.0 Å². The molecule has 0 saturated heterocycles. The monoisotopic (exact) mass is 578 g/mol. The second-order valence-corrected chi connectivity index (χ2v) is 9.89. The van der Waals surface area contributed by atoms with E-state index in [-0.39, 0.29) is 25.4 Å². The minimum Gasteiger partial charge on any atom is -0.494 e. The zero-order valence-electron chi connectivity index (χ0n) is 24.1. The van der Waals surface area contributed by atoms with Crippen LogP contribution in [0.3, 0.4) is 0 Å². The van der Waals surface area contributed by atoms with Gasteiger partial charge >= 0.3 is 0 Å². The summed E-state index contributed by atoms with van der Waals surface area (Å²) in [6.07, 6.45) is 2.58. The fourth-order valence-corrected chi connectivity index (χ4v) is 4.46. The molecule has 1 N–H and O–H groups in total. The van der Waals surface area contributed by atoms with E-state index >= 15 is 0 Å². The molecular formula is C27H39FN6O5S. The number of rotatable bonds is 10. The molecule has 0 radical (unpaired) electrons. The quantitative estimate of drug-likeness (QED) is 0.251. The fourth-order valence-electron chi connectivity index (χ4n) is 3.50. The molecule has 0 bridgehead atoms. The maximum Gasteiger partial charge on any atom is 0.243 e. The van der Waals surface area contributed by atoms with Crippen molar-refractivity contribution in [1.29, 1.82) is 0 Å². The number of ether oxygens (including phenoxy) is 2. The van der Waals surface area contributed by atoms with E-state index in [2.05, 4.69) is 24.9 Å². The van der Waals surface area contributed by atoms with Gasteiger partial charge in [-0.3, -0.25) is 9.29 Å². The lowest BCUT2D eigenvalue weighted by molar-refractivity contribution is 0.391. The van der Waals surface area contributed by atoms with E-state index in [4.69, 9.17) is 13.9 Å². The molecule has 0 aliphatic carbocycles. The van der Waals surface area contributed by atoms with Crippen molar-refractivity contribution in [2.24, 2.45) is 0 Å². The lowest BCUT2D eigenvalue weighted by atomic mass is 10.2. The molecule has 0 fully saturated rings. The van der Waals surface area contributed by atoms with Crippen LogP contribution in [0, 0.1) is 5.82 Å². The highest BCUT2D eigenvalue weighted by Crippen LogP contribution is 2.38. The SMILES string of the molecule is CC.CC.CCc1ccc(-c2nnc(NS(=O)(=O)[C@@H](C)Cc3ncc(F)cn3)n2-c2c(OC)cccc2OC)o1.[HH]. The maximum absolute atomic E-state index is 13.3. The first-order chi connectivity index (χ1) is 19.3. The van der Waals surface area contributed by atoms with Crippen molar-refractivity contribution < 1.29 is 28.1 Å². The molecule has 0 aliphatic heterocycles. The number of methoxy groups -OCH3 is 2. The predicted molar refractivity (Wildman–Crippen MR) is 154 cm³/mol. The van der Waals surface area contributed by atoms with Gasteiger partial charge in [0.1, 0.15) is 28.8 Å². The molecule has 220 valence electrons. The van der Waals surface area contributed by atoms with Crippen molar-refractivity contribution in [3.05, 3.63) is 60.1 Å². The average molecular weight is 579 g/mol. The van der Waals surface area contributed by atoms with Gasteiger partial charge in [-0.15, -0.1) is 10.2 Å². The highest BCUT2D eigenvalue weighted by atomic mass is 32.2. The molecule has 3 aromatic heterocycles. The standard InChI is InChI=1S/C23H25FN6O5S.2C2H6.H2/c1-5-16-9-10-19(35-16)22-27-28-23(30(22)21-17(33-3)7-6-8-18(21)34-4)29-36(31,32)14(2)11-20-25-12-15(24)13-26-20;2*1-2;/h6-10,12-14H,5,11H2,1-4H3,(H,28,29);2*1-2H3;1H/t14-;;;/m0.../s1. The van der Waals surface area contributed by atoms with Crippen molar-refractivity contribution in [2.45, 2.75) is 59.6 Å². The van der Waals surface area contributed by atoms with E-state index in [1.54, 1.807) is 24.3 Å². The van der Waals surface area contributed by atoms with Crippen LogP contribution in [0.4, 0.5) is 10.3 Å². The molecule has 40 heavy (non-hydrogen) atoms. The second-order valence-electron chi connectivity index (χ2n) is 7.79. The van der Waals surface area contributed by atoms with Crippen LogP contribution >= 0.6 is 0 Å². The number of furan rings is 1. The summed E-state index contributed by atoms with van der Waals surface area (Å²) in [4.78, 5) is 7.69. The van der Waals surface area contributed by atoms with Crippen molar-refractivity contribution in [2.75, 3.05) is 18.9 Å². The molecular weight excluding hydrogens is 539 g/mol. The number of hydrogen-bond donors (Lipinski definition) is 1. The zero-order chi connectivity index (χ0) is 29.9. The molecule has 0 saturated carbocycles. The highest BCUT2D eigenvalue weighted by Gasteiger charge is 2.29. The van der Waals surface area contributed by atoms with Crippen LogP contribution in [0.1, 0.15) is 54.6 Å². The van der Waals surface area contributed by atoms with Crippen LogP contribution in [-0.2, 0) is 22.9 Å². The van der Waals surface area contributed by atoms with Crippen LogP contribution in [0.2, 0.25) is 0 Å². The van der Waals surface area contributed by atoms with Gasteiger partial charge in [0.2, 0.25) is 21.8 Å². The summed E-state index contributed by atoms with van der Waals surface area (Å²) in [7, 11) is -1.05. The molecule has 4 aromatic rings. The molecule has 3 heterocycles. The summed E-state index contributed by atoms with van der Waals surface area (Å²) < 4.78 is 60.6. The average Bonchev–Trinajstić information content (AvgIpc) is 3.62. The van der Waals surface area contributed by atoms with E-state index in [9.17, 15) is 12.8 Å². The number of aryl methyl sites for hydroxylation is 1. The van der Waals surface area contributed by atoms with Gasteiger partial charge < -0.3 is 13.9 Å². The molecule has 1 atom stereocenters. The molecule has 13 heteroatoms. The molecule has 4 rings (SSSR count). The van der Waals surface area contributed by atoms with Crippen LogP contribution in [0.25, 0.3) is 17.3 Å². The minimum atomic E-state index is -4.02. The Morgan fingerprint density at radius 1 is 1.02 bits per heavy atom. The number of hydrogen-bond acceptors (Lipinski definition) is 9. The summed E-state index contributed by atoms with van der Waals surface area (Å²) in [5.74, 6) is 1.61. The number of aromatic nitrogens is 5. The molecule has 1 aromatic carbocycles. The number of nitrogens with one attached hydrogen (secondary N) is 1. The van der Waals surface area contributed by atoms with Crippen LogP contribution in [0.5, 0.6) is 11.5 Å². The Labute approximate surface area is 236 Å². The lowest BCUT2D eigenvalue weighted by Crippen LogP contribution is -2.29. The Balaban J connectivity index is 0.00000161. The molecule has 11 nitrogen and oxygen atoms in total. The van der Waals surface area contributed by atoms with Gasteiger partial charge in [-0.25, -0.2) is 22.8 Å².